The van der Waals surface area contributed by atoms with Crippen LogP contribution >= 0.6 is 0 Å². The zero-order valence-electron chi connectivity index (χ0n) is 11.8. The maximum absolute atomic E-state index is 11.2. The van der Waals surface area contributed by atoms with Gasteiger partial charge in [0, 0.05) is 5.92 Å². The van der Waals surface area contributed by atoms with Gasteiger partial charge in [0.05, 0.1) is 11.8 Å². The van der Waals surface area contributed by atoms with Crippen molar-refractivity contribution in [2.24, 2.45) is 17.8 Å². The summed E-state index contributed by atoms with van der Waals surface area (Å²) in [5.74, 6) is -0.810. The van der Waals surface area contributed by atoms with Crippen LogP contribution in [0.25, 0.3) is 0 Å². The lowest BCUT2D eigenvalue weighted by Crippen LogP contribution is -2.08. The lowest BCUT2D eigenvalue weighted by Gasteiger charge is -1.99. The number of ether oxygens (including phenoxy) is 1. The minimum atomic E-state index is -0.319. The Morgan fingerprint density at radius 3 is 2.16 bits per heavy atom. The van der Waals surface area contributed by atoms with Crippen molar-refractivity contribution in [2.75, 3.05) is 0 Å². The summed E-state index contributed by atoms with van der Waals surface area (Å²) >= 11 is 0. The van der Waals surface area contributed by atoms with Gasteiger partial charge in [0.1, 0.15) is 0 Å². The summed E-state index contributed by atoms with van der Waals surface area (Å²) in [6, 6.07) is 0. The van der Waals surface area contributed by atoms with Crippen LogP contribution in [0.15, 0.2) is 12.2 Å². The van der Waals surface area contributed by atoms with Crippen molar-refractivity contribution in [2.45, 2.75) is 58.3 Å². The van der Waals surface area contributed by atoms with E-state index >= 15 is 0 Å². The first-order chi connectivity index (χ1) is 9.25. The molecule has 1 saturated heterocycles. The molecule has 2 aliphatic rings. The highest BCUT2D eigenvalue weighted by atomic mass is 16.6. The molecule has 19 heavy (non-hydrogen) atoms. The topological polar surface area (TPSA) is 43.4 Å². The van der Waals surface area contributed by atoms with Gasteiger partial charge in [-0.2, -0.15) is 0 Å². The molecule has 0 spiro atoms. The molecule has 2 unspecified atom stereocenters. The second kappa shape index (κ2) is 6.88. The highest BCUT2D eigenvalue weighted by molar-refractivity contribution is 6.01. The first kappa shape index (κ1) is 14.3. The van der Waals surface area contributed by atoms with Crippen molar-refractivity contribution in [1.29, 1.82) is 0 Å². The van der Waals surface area contributed by atoms with E-state index in [2.05, 4.69) is 17.7 Å². The van der Waals surface area contributed by atoms with Crippen LogP contribution in [0.3, 0.4) is 0 Å². The molecule has 2 rings (SSSR count). The van der Waals surface area contributed by atoms with Gasteiger partial charge in [-0.25, -0.2) is 0 Å². The number of esters is 2. The average Bonchev–Trinajstić information content (AvgIpc) is 3.03. The summed E-state index contributed by atoms with van der Waals surface area (Å²) in [5.41, 5.74) is 0. The Bertz CT molecular complexity index is 339. The number of allylic oxidation sites excluding steroid dienone is 2. The smallest absolute Gasteiger partial charge is 0.318 e. The highest BCUT2D eigenvalue weighted by Gasteiger charge is 2.65. The highest BCUT2D eigenvalue weighted by Crippen LogP contribution is 2.53. The van der Waals surface area contributed by atoms with E-state index in [0.717, 1.165) is 6.42 Å². The van der Waals surface area contributed by atoms with Crippen molar-refractivity contribution in [3.63, 3.8) is 0 Å². The van der Waals surface area contributed by atoms with Crippen molar-refractivity contribution in [3.05, 3.63) is 12.2 Å². The molecule has 3 heteroatoms. The van der Waals surface area contributed by atoms with Crippen molar-refractivity contribution < 1.29 is 14.3 Å². The predicted octanol–water partition coefficient (Wildman–Crippen LogP) is 3.63. The predicted molar refractivity (Wildman–Crippen MR) is 73.3 cm³/mol. The fraction of sp³-hybridized carbons (Fsp3) is 0.750. The van der Waals surface area contributed by atoms with Gasteiger partial charge in [0.15, 0.2) is 0 Å². The minimum Gasteiger partial charge on any atom is -0.393 e. The molecule has 2 fully saturated rings. The van der Waals surface area contributed by atoms with E-state index in [0.29, 0.717) is 0 Å². The summed E-state index contributed by atoms with van der Waals surface area (Å²) in [4.78, 5) is 22.4. The van der Waals surface area contributed by atoms with Gasteiger partial charge >= 0.3 is 11.9 Å². The number of carbonyl (C=O) groups is 2. The van der Waals surface area contributed by atoms with Gasteiger partial charge in [-0.05, 0) is 12.8 Å². The van der Waals surface area contributed by atoms with Crippen LogP contribution in [0.1, 0.15) is 58.3 Å². The molecule has 1 saturated carbocycles. The van der Waals surface area contributed by atoms with Crippen LogP contribution in [0.2, 0.25) is 0 Å². The van der Waals surface area contributed by atoms with Crippen LogP contribution in [0, 0.1) is 17.8 Å². The molecular formula is C16H24O3. The zero-order chi connectivity index (χ0) is 13.7. The maximum atomic E-state index is 11.2. The second-order valence-corrected chi connectivity index (χ2v) is 5.71. The number of fused-ring (bicyclic) bond motifs is 1. The molecule has 0 amide bonds. The minimum absolute atomic E-state index is 0.137. The van der Waals surface area contributed by atoms with Crippen LogP contribution in [-0.4, -0.2) is 11.9 Å². The van der Waals surface area contributed by atoms with E-state index in [-0.39, 0.29) is 29.7 Å². The summed E-state index contributed by atoms with van der Waals surface area (Å²) in [7, 11) is 0. The van der Waals surface area contributed by atoms with E-state index in [9.17, 15) is 9.59 Å². The van der Waals surface area contributed by atoms with Gasteiger partial charge in [-0.3, -0.25) is 9.59 Å². The number of unbranched alkanes of at least 4 members (excludes halogenated alkanes) is 7. The Hall–Kier alpha value is -1.12. The number of rotatable bonds is 9. The third-order valence-corrected chi connectivity index (χ3v) is 4.15. The van der Waals surface area contributed by atoms with Crippen molar-refractivity contribution >= 4 is 11.9 Å². The molecule has 2 atom stereocenters. The lowest BCUT2D eigenvalue weighted by atomic mass is 10.1. The van der Waals surface area contributed by atoms with Gasteiger partial charge in [0.25, 0.3) is 0 Å². The quantitative estimate of drug-likeness (QED) is 0.276. The standard InChI is InChI=1S/C16H24O3/c1-2-3-4-5-6-7-8-9-10-11-12-13-14(12)16(18)19-15(13)17/h10-14H,2-9H2,1H3. The van der Waals surface area contributed by atoms with Crippen LogP contribution in [0.5, 0.6) is 0 Å². The molecule has 1 aliphatic carbocycles. The van der Waals surface area contributed by atoms with E-state index < -0.39 is 0 Å². The number of hydrogen-bond acceptors (Lipinski definition) is 3. The van der Waals surface area contributed by atoms with Gasteiger partial charge in [-0.15, -0.1) is 0 Å². The third-order valence-electron chi connectivity index (χ3n) is 4.15. The molecule has 0 aromatic rings. The molecule has 0 N–H and O–H groups in total. The third kappa shape index (κ3) is 3.68. The molecule has 1 aliphatic heterocycles. The Balaban J connectivity index is 1.50. The molecule has 0 aromatic heterocycles. The van der Waals surface area contributed by atoms with Gasteiger partial charge in [0.2, 0.25) is 0 Å². The van der Waals surface area contributed by atoms with Crippen LogP contribution < -0.4 is 0 Å². The SMILES string of the molecule is CCCCCCCCCC=CC1C2C(=O)OC(=O)C12. The summed E-state index contributed by atoms with van der Waals surface area (Å²) in [6.07, 6.45) is 14.4. The fourth-order valence-electron chi connectivity index (χ4n) is 2.89. The maximum Gasteiger partial charge on any atom is 0.318 e. The second-order valence-electron chi connectivity index (χ2n) is 5.71. The van der Waals surface area contributed by atoms with Crippen LogP contribution in [0.4, 0.5) is 0 Å². The van der Waals surface area contributed by atoms with Crippen molar-refractivity contribution in [3.8, 4) is 0 Å². The van der Waals surface area contributed by atoms with E-state index in [1.807, 2.05) is 6.08 Å². The fourth-order valence-corrected chi connectivity index (χ4v) is 2.89. The van der Waals surface area contributed by atoms with E-state index in [1.54, 1.807) is 0 Å². The van der Waals surface area contributed by atoms with E-state index in [1.165, 1.54) is 44.9 Å². The van der Waals surface area contributed by atoms with Gasteiger partial charge < -0.3 is 4.74 Å². The average molecular weight is 264 g/mol. The molecule has 106 valence electrons. The molecule has 0 aromatic carbocycles. The summed E-state index contributed by atoms with van der Waals surface area (Å²) in [5, 5.41) is 0. The summed E-state index contributed by atoms with van der Waals surface area (Å²) in [6.45, 7) is 2.23. The monoisotopic (exact) mass is 264 g/mol. The Morgan fingerprint density at radius 2 is 1.53 bits per heavy atom. The summed E-state index contributed by atoms with van der Waals surface area (Å²) < 4.78 is 4.53. The lowest BCUT2D eigenvalue weighted by molar-refractivity contribution is -0.156. The molecular weight excluding hydrogens is 240 g/mol. The van der Waals surface area contributed by atoms with Gasteiger partial charge in [-0.1, -0.05) is 57.6 Å². The van der Waals surface area contributed by atoms with Crippen molar-refractivity contribution in [1.82, 2.24) is 0 Å². The largest absolute Gasteiger partial charge is 0.393 e. The molecule has 0 bridgehead atoms. The molecule has 0 radical (unpaired) electrons. The first-order valence-electron chi connectivity index (χ1n) is 7.68. The van der Waals surface area contributed by atoms with Crippen LogP contribution in [-0.2, 0) is 14.3 Å². The van der Waals surface area contributed by atoms with E-state index in [4.69, 9.17) is 0 Å². The Labute approximate surface area is 115 Å². The Kier molecular flexibility index (Phi) is 5.17. The first-order valence-corrected chi connectivity index (χ1v) is 7.68. The molecule has 3 nitrogen and oxygen atoms in total. The number of carbonyl (C=O) groups excluding carboxylic acids is 2. The number of hydrogen-bond donors (Lipinski definition) is 0. The Morgan fingerprint density at radius 1 is 0.947 bits per heavy atom. The zero-order valence-corrected chi connectivity index (χ0v) is 11.8. The normalized spacial score (nSPS) is 28.8. The number of cyclic esters (lactones) is 2. The molecule has 1 heterocycles.